The lowest BCUT2D eigenvalue weighted by molar-refractivity contribution is -0.231. The van der Waals surface area contributed by atoms with Crippen molar-refractivity contribution in [1.29, 1.82) is 0 Å². The van der Waals surface area contributed by atoms with Crippen molar-refractivity contribution in [3.63, 3.8) is 0 Å². The highest BCUT2D eigenvalue weighted by molar-refractivity contribution is 5.28. The molecule has 1 fully saturated rings. The van der Waals surface area contributed by atoms with E-state index in [0.29, 0.717) is 6.04 Å². The van der Waals surface area contributed by atoms with E-state index < -0.39 is 30.1 Å². The third-order valence-electron chi connectivity index (χ3n) is 7.51. The summed E-state index contributed by atoms with van der Waals surface area (Å²) in [6.07, 6.45) is -7.32. The van der Waals surface area contributed by atoms with Gasteiger partial charge in [0.25, 0.3) is 0 Å². The molecule has 35 heavy (non-hydrogen) atoms. The van der Waals surface area contributed by atoms with Gasteiger partial charge < -0.3 is 4.90 Å². The van der Waals surface area contributed by atoms with Gasteiger partial charge in [-0.3, -0.25) is 0 Å². The first-order chi connectivity index (χ1) is 16.5. The molecule has 7 heteroatoms. The van der Waals surface area contributed by atoms with E-state index in [4.69, 9.17) is 0 Å². The van der Waals surface area contributed by atoms with Gasteiger partial charge in [-0.1, -0.05) is 67.9 Å². The van der Waals surface area contributed by atoms with Crippen molar-refractivity contribution >= 4 is 0 Å². The summed E-state index contributed by atoms with van der Waals surface area (Å²) in [5, 5.41) is 0. The molecule has 0 heterocycles. The predicted molar refractivity (Wildman–Crippen MR) is 127 cm³/mol. The summed E-state index contributed by atoms with van der Waals surface area (Å²) in [5.74, 6) is -5.50. The second kappa shape index (κ2) is 11.8. The van der Waals surface area contributed by atoms with Gasteiger partial charge in [-0.2, -0.15) is 26.3 Å². The number of likely N-dealkylation sites (N-methyl/N-ethyl adjacent to an activating group) is 1. The van der Waals surface area contributed by atoms with Crippen LogP contribution in [0.3, 0.4) is 0 Å². The molecule has 0 saturated heterocycles. The molecule has 3 rings (SSSR count). The summed E-state index contributed by atoms with van der Waals surface area (Å²) in [5.41, 5.74) is 2.36. The molecular weight excluding hydrogens is 464 g/mol. The van der Waals surface area contributed by atoms with Crippen molar-refractivity contribution in [1.82, 2.24) is 4.90 Å². The van der Waals surface area contributed by atoms with Gasteiger partial charge >= 0.3 is 12.4 Å². The maximum Gasteiger partial charge on any atom is 0.392 e. The van der Waals surface area contributed by atoms with Crippen LogP contribution in [0.15, 0.2) is 54.6 Å². The number of nitrogens with zero attached hydrogens (tertiary/aromatic N) is 1. The summed E-state index contributed by atoms with van der Waals surface area (Å²) < 4.78 is 81.8. The van der Waals surface area contributed by atoms with Crippen molar-refractivity contribution in [3.8, 4) is 0 Å². The molecule has 1 nitrogen and oxygen atoms in total. The number of benzene rings is 2. The lowest BCUT2D eigenvalue weighted by atomic mass is 9.68. The Hall–Kier alpha value is -2.02. The fourth-order valence-corrected chi connectivity index (χ4v) is 5.47. The van der Waals surface area contributed by atoms with Crippen LogP contribution in [0.5, 0.6) is 0 Å². The molecule has 0 amide bonds. The van der Waals surface area contributed by atoms with E-state index in [2.05, 4.69) is 30.9 Å². The highest BCUT2D eigenvalue weighted by atomic mass is 19.4. The maximum atomic E-state index is 13.6. The molecule has 2 aromatic carbocycles. The van der Waals surface area contributed by atoms with Crippen LogP contribution in [0.2, 0.25) is 0 Å². The standard InChI is InChI=1S/C28H35F6N/c1-3-35(19-18-21-8-5-4-6-9-21)20(2)12-13-22-14-16-23(17-15-22)26-24(27(29,30)31)10-7-11-25(26)28(32,33)34/h4-6,8-9,14-17,20,24-26H,3,7,10-13,18-19H2,1-2H3. The zero-order valence-corrected chi connectivity index (χ0v) is 20.4. The predicted octanol–water partition coefficient (Wildman–Crippen LogP) is 8.20. The van der Waals surface area contributed by atoms with E-state index in [9.17, 15) is 26.3 Å². The molecule has 0 radical (unpaired) electrons. The Morgan fingerprint density at radius 1 is 0.800 bits per heavy atom. The third kappa shape index (κ3) is 7.48. The van der Waals surface area contributed by atoms with Gasteiger partial charge in [-0.05, 0) is 62.3 Å². The SMILES string of the molecule is CCN(CCc1ccccc1)C(C)CCc1ccc(C2C(C(F)(F)F)CCCC2C(F)(F)F)cc1. The molecule has 0 bridgehead atoms. The molecule has 3 unspecified atom stereocenters. The molecule has 1 saturated carbocycles. The van der Waals surface area contributed by atoms with Gasteiger partial charge in [0.2, 0.25) is 0 Å². The topological polar surface area (TPSA) is 3.24 Å². The molecule has 2 aromatic rings. The number of hydrogen-bond acceptors (Lipinski definition) is 1. The van der Waals surface area contributed by atoms with E-state index in [-0.39, 0.29) is 24.8 Å². The number of alkyl halides is 6. The Labute approximate surface area is 204 Å². The van der Waals surface area contributed by atoms with Crippen LogP contribution in [0, 0.1) is 11.8 Å². The summed E-state index contributed by atoms with van der Waals surface area (Å²) in [6.45, 7) is 6.12. The molecule has 0 aliphatic heterocycles. The highest BCUT2D eigenvalue weighted by Crippen LogP contribution is 2.53. The number of halogens is 6. The van der Waals surface area contributed by atoms with Crippen LogP contribution in [-0.2, 0) is 12.8 Å². The highest BCUT2D eigenvalue weighted by Gasteiger charge is 2.56. The van der Waals surface area contributed by atoms with Gasteiger partial charge in [0.05, 0.1) is 11.8 Å². The molecule has 0 N–H and O–H groups in total. The minimum Gasteiger partial charge on any atom is -0.301 e. The van der Waals surface area contributed by atoms with Gasteiger partial charge in [0.1, 0.15) is 0 Å². The molecule has 1 aliphatic rings. The minimum atomic E-state index is -4.65. The van der Waals surface area contributed by atoms with Crippen LogP contribution in [0.25, 0.3) is 0 Å². The second-order valence-electron chi connectivity index (χ2n) is 9.75. The van der Waals surface area contributed by atoms with E-state index in [1.807, 2.05) is 18.2 Å². The zero-order chi connectivity index (χ0) is 25.6. The van der Waals surface area contributed by atoms with Crippen molar-refractivity contribution in [2.24, 2.45) is 11.8 Å². The fraction of sp³-hybridized carbons (Fsp3) is 0.571. The van der Waals surface area contributed by atoms with Gasteiger partial charge in [0, 0.05) is 18.5 Å². The normalized spacial score (nSPS) is 22.4. The molecule has 3 atom stereocenters. The Morgan fingerprint density at radius 3 is 1.86 bits per heavy atom. The summed E-state index contributed by atoms with van der Waals surface area (Å²) in [6, 6.07) is 17.0. The first kappa shape index (κ1) is 27.6. The first-order valence-electron chi connectivity index (χ1n) is 12.5. The van der Waals surface area contributed by atoms with Crippen molar-refractivity contribution < 1.29 is 26.3 Å². The van der Waals surface area contributed by atoms with Gasteiger partial charge in [-0.25, -0.2) is 0 Å². The quantitative estimate of drug-likeness (QED) is 0.314. The van der Waals surface area contributed by atoms with E-state index in [1.165, 1.54) is 17.7 Å². The zero-order valence-electron chi connectivity index (χ0n) is 20.4. The Morgan fingerprint density at radius 2 is 1.34 bits per heavy atom. The fourth-order valence-electron chi connectivity index (χ4n) is 5.47. The number of aryl methyl sites for hydroxylation is 1. The van der Waals surface area contributed by atoms with Crippen molar-refractivity contribution in [2.75, 3.05) is 13.1 Å². The number of hydrogen-bond donors (Lipinski definition) is 0. The van der Waals surface area contributed by atoms with E-state index in [0.717, 1.165) is 37.9 Å². The number of rotatable bonds is 9. The lowest BCUT2D eigenvalue weighted by Crippen LogP contribution is -2.42. The average molecular weight is 500 g/mol. The third-order valence-corrected chi connectivity index (χ3v) is 7.51. The molecular formula is C28H35F6N. The van der Waals surface area contributed by atoms with Crippen LogP contribution in [0.1, 0.15) is 62.1 Å². The summed E-state index contributed by atoms with van der Waals surface area (Å²) >= 11 is 0. The van der Waals surface area contributed by atoms with Crippen LogP contribution >= 0.6 is 0 Å². The first-order valence-corrected chi connectivity index (χ1v) is 12.5. The molecule has 1 aliphatic carbocycles. The Bertz CT molecular complexity index is 868. The second-order valence-corrected chi connectivity index (χ2v) is 9.75. The van der Waals surface area contributed by atoms with Crippen molar-refractivity contribution in [2.45, 2.75) is 76.7 Å². The average Bonchev–Trinajstić information content (AvgIpc) is 2.82. The van der Waals surface area contributed by atoms with Gasteiger partial charge in [0.15, 0.2) is 0 Å². The maximum absolute atomic E-state index is 13.6. The van der Waals surface area contributed by atoms with Crippen LogP contribution in [0.4, 0.5) is 26.3 Å². The smallest absolute Gasteiger partial charge is 0.301 e. The van der Waals surface area contributed by atoms with Crippen LogP contribution < -0.4 is 0 Å². The van der Waals surface area contributed by atoms with Gasteiger partial charge in [-0.15, -0.1) is 0 Å². The Kier molecular flexibility index (Phi) is 9.30. The summed E-state index contributed by atoms with van der Waals surface area (Å²) in [7, 11) is 0. The summed E-state index contributed by atoms with van der Waals surface area (Å²) in [4.78, 5) is 2.39. The molecule has 194 valence electrons. The van der Waals surface area contributed by atoms with E-state index >= 15 is 0 Å². The molecule has 0 aromatic heterocycles. The lowest BCUT2D eigenvalue weighted by Gasteiger charge is -2.40. The van der Waals surface area contributed by atoms with E-state index in [1.54, 1.807) is 12.1 Å². The Balaban J connectivity index is 1.64. The minimum absolute atomic E-state index is 0.0565. The van der Waals surface area contributed by atoms with Crippen LogP contribution in [-0.4, -0.2) is 36.4 Å². The largest absolute Gasteiger partial charge is 0.392 e. The van der Waals surface area contributed by atoms with Crippen molar-refractivity contribution in [3.05, 3.63) is 71.3 Å². The molecule has 0 spiro atoms. The monoisotopic (exact) mass is 499 g/mol.